The number of carboxylic acids is 1. The molecule has 2 N–H and O–H groups in total. The fraction of sp³-hybridized carbons (Fsp3) is 0.385. The fourth-order valence-corrected chi connectivity index (χ4v) is 1.96. The molecule has 1 rings (SSSR count). The number of benzene rings is 1. The van der Waals surface area contributed by atoms with Gasteiger partial charge in [0, 0.05) is 23.2 Å². The topological polar surface area (TPSA) is 69.6 Å². The predicted octanol–water partition coefficient (Wildman–Crippen LogP) is 3.41. The summed E-state index contributed by atoms with van der Waals surface area (Å²) < 4.78 is 0.605. The van der Waals surface area contributed by atoms with Gasteiger partial charge >= 0.3 is 12.0 Å². The molecule has 1 aromatic carbocycles. The molecule has 2 amide bonds. The minimum absolute atomic E-state index is 0.117. The minimum Gasteiger partial charge on any atom is -0.478 e. The van der Waals surface area contributed by atoms with Gasteiger partial charge in [0.1, 0.15) is 0 Å². The Kier molecular flexibility index (Phi) is 5.35. The number of hydrogen-bond acceptors (Lipinski definition) is 2. The van der Waals surface area contributed by atoms with Crippen LogP contribution in [-0.2, 0) is 0 Å². The van der Waals surface area contributed by atoms with Crippen LogP contribution in [-0.4, -0.2) is 35.1 Å². The van der Waals surface area contributed by atoms with Crippen molar-refractivity contribution in [2.45, 2.75) is 26.3 Å². The van der Waals surface area contributed by atoms with Crippen LogP contribution in [0.3, 0.4) is 0 Å². The fourth-order valence-electron chi connectivity index (χ4n) is 1.47. The zero-order chi connectivity index (χ0) is 14.6. The highest BCUT2D eigenvalue weighted by molar-refractivity contribution is 9.10. The van der Waals surface area contributed by atoms with Crippen LogP contribution >= 0.6 is 15.9 Å². The third-order valence-electron chi connectivity index (χ3n) is 2.97. The van der Waals surface area contributed by atoms with Crippen molar-refractivity contribution in [3.8, 4) is 0 Å². The van der Waals surface area contributed by atoms with E-state index in [0.29, 0.717) is 10.2 Å². The summed E-state index contributed by atoms with van der Waals surface area (Å²) in [5, 5.41) is 11.6. The first-order valence-electron chi connectivity index (χ1n) is 5.92. The molecule has 0 saturated heterocycles. The Labute approximate surface area is 120 Å². The molecule has 5 nitrogen and oxygen atoms in total. The molecule has 0 aliphatic rings. The normalized spacial score (nSPS) is 11.8. The van der Waals surface area contributed by atoms with E-state index in [0.717, 1.165) is 6.42 Å². The number of urea groups is 1. The van der Waals surface area contributed by atoms with Gasteiger partial charge in [0.15, 0.2) is 0 Å². The first kappa shape index (κ1) is 15.5. The lowest BCUT2D eigenvalue weighted by Crippen LogP contribution is -2.37. The van der Waals surface area contributed by atoms with Gasteiger partial charge in [-0.1, -0.05) is 22.9 Å². The summed E-state index contributed by atoms with van der Waals surface area (Å²) in [6, 6.07) is 4.43. The summed E-state index contributed by atoms with van der Waals surface area (Å²) in [7, 11) is 1.71. The molecule has 1 aromatic rings. The number of carboxylic acid groups (broad SMARTS) is 1. The van der Waals surface area contributed by atoms with Crippen LogP contribution in [0.4, 0.5) is 10.5 Å². The van der Waals surface area contributed by atoms with E-state index in [1.807, 2.05) is 13.8 Å². The van der Waals surface area contributed by atoms with Crippen LogP contribution in [0.2, 0.25) is 0 Å². The van der Waals surface area contributed by atoms with Crippen molar-refractivity contribution in [3.63, 3.8) is 0 Å². The minimum atomic E-state index is -1.04. The van der Waals surface area contributed by atoms with Gasteiger partial charge in [-0.3, -0.25) is 0 Å². The number of aromatic carboxylic acids is 1. The van der Waals surface area contributed by atoms with Crippen molar-refractivity contribution in [2.75, 3.05) is 12.4 Å². The van der Waals surface area contributed by atoms with Crippen molar-refractivity contribution in [3.05, 3.63) is 28.2 Å². The van der Waals surface area contributed by atoms with Crippen LogP contribution in [0, 0.1) is 0 Å². The maximum atomic E-state index is 12.0. The quantitative estimate of drug-likeness (QED) is 0.889. The Bertz CT molecular complexity index is 491. The van der Waals surface area contributed by atoms with Gasteiger partial charge in [0.25, 0.3) is 0 Å². The van der Waals surface area contributed by atoms with Crippen LogP contribution < -0.4 is 5.32 Å². The van der Waals surface area contributed by atoms with Gasteiger partial charge < -0.3 is 15.3 Å². The van der Waals surface area contributed by atoms with Gasteiger partial charge in [-0.25, -0.2) is 9.59 Å². The summed E-state index contributed by atoms with van der Waals surface area (Å²) in [6.45, 7) is 3.94. The molecule has 104 valence electrons. The maximum Gasteiger partial charge on any atom is 0.335 e. The molecule has 1 unspecified atom stereocenters. The van der Waals surface area contributed by atoms with Gasteiger partial charge in [0.2, 0.25) is 0 Å². The van der Waals surface area contributed by atoms with Crippen molar-refractivity contribution in [1.29, 1.82) is 0 Å². The number of nitrogens with one attached hydrogen (secondary N) is 1. The predicted molar refractivity (Wildman–Crippen MR) is 77.6 cm³/mol. The van der Waals surface area contributed by atoms with Crippen molar-refractivity contribution >= 4 is 33.6 Å². The highest BCUT2D eigenvalue weighted by Gasteiger charge is 2.15. The monoisotopic (exact) mass is 328 g/mol. The molecule has 0 aromatic heterocycles. The Morgan fingerprint density at radius 3 is 2.58 bits per heavy atom. The number of carbonyl (C=O) groups is 2. The lowest BCUT2D eigenvalue weighted by atomic mass is 10.2. The number of hydrogen-bond donors (Lipinski definition) is 2. The van der Waals surface area contributed by atoms with E-state index < -0.39 is 5.97 Å². The van der Waals surface area contributed by atoms with Gasteiger partial charge in [-0.15, -0.1) is 0 Å². The molecule has 19 heavy (non-hydrogen) atoms. The first-order chi connectivity index (χ1) is 8.85. The molecule has 0 heterocycles. The van der Waals surface area contributed by atoms with E-state index in [-0.39, 0.29) is 17.6 Å². The van der Waals surface area contributed by atoms with Crippen LogP contribution in [0.5, 0.6) is 0 Å². The van der Waals surface area contributed by atoms with Gasteiger partial charge in [-0.05, 0) is 31.5 Å². The molecule has 6 heteroatoms. The van der Waals surface area contributed by atoms with Gasteiger partial charge in [0.05, 0.1) is 5.56 Å². The molecule has 0 radical (unpaired) electrons. The SMILES string of the molecule is CCC(C)N(C)C(=O)Nc1cc(Br)cc(C(=O)O)c1. The number of carbonyl (C=O) groups excluding carboxylic acids is 1. The third kappa shape index (κ3) is 4.24. The van der Waals surface area contributed by atoms with E-state index >= 15 is 0 Å². The summed E-state index contributed by atoms with van der Waals surface area (Å²) in [4.78, 5) is 24.5. The largest absolute Gasteiger partial charge is 0.478 e. The van der Waals surface area contributed by atoms with Crippen LogP contribution in [0.25, 0.3) is 0 Å². The second-order valence-corrected chi connectivity index (χ2v) is 5.25. The molecule has 0 bridgehead atoms. The Hall–Kier alpha value is -1.56. The Morgan fingerprint density at radius 2 is 2.05 bits per heavy atom. The number of anilines is 1. The van der Waals surface area contributed by atoms with Crippen molar-refractivity contribution in [2.24, 2.45) is 0 Å². The molecule has 0 aliphatic heterocycles. The maximum absolute atomic E-state index is 12.0. The second-order valence-electron chi connectivity index (χ2n) is 4.33. The smallest absolute Gasteiger partial charge is 0.335 e. The average molecular weight is 329 g/mol. The van der Waals surface area contributed by atoms with E-state index in [1.54, 1.807) is 18.0 Å². The molecule has 0 saturated carbocycles. The molecule has 0 spiro atoms. The van der Waals surface area contributed by atoms with Crippen LogP contribution in [0.1, 0.15) is 30.6 Å². The van der Waals surface area contributed by atoms with Crippen molar-refractivity contribution < 1.29 is 14.7 Å². The average Bonchev–Trinajstić information content (AvgIpc) is 2.35. The molecule has 0 aliphatic carbocycles. The number of halogens is 1. The van der Waals surface area contributed by atoms with Crippen molar-refractivity contribution in [1.82, 2.24) is 4.90 Å². The summed E-state index contributed by atoms with van der Waals surface area (Å²) >= 11 is 3.22. The summed E-state index contributed by atoms with van der Waals surface area (Å²) in [5.41, 5.74) is 0.572. The second kappa shape index (κ2) is 6.56. The Balaban J connectivity index is 2.88. The standard InChI is InChI=1S/C13H17BrN2O3/c1-4-8(2)16(3)13(19)15-11-6-9(12(17)18)5-10(14)7-11/h5-8H,4H2,1-3H3,(H,15,19)(H,17,18). The summed E-state index contributed by atoms with van der Waals surface area (Å²) in [5.74, 6) is -1.04. The van der Waals surface area contributed by atoms with Crippen LogP contribution in [0.15, 0.2) is 22.7 Å². The molecular weight excluding hydrogens is 312 g/mol. The zero-order valence-electron chi connectivity index (χ0n) is 11.1. The highest BCUT2D eigenvalue weighted by atomic mass is 79.9. The lowest BCUT2D eigenvalue weighted by Gasteiger charge is -2.24. The molecule has 1 atom stereocenters. The number of amides is 2. The van der Waals surface area contributed by atoms with E-state index in [2.05, 4.69) is 21.2 Å². The zero-order valence-corrected chi connectivity index (χ0v) is 12.7. The third-order valence-corrected chi connectivity index (χ3v) is 3.43. The summed E-state index contributed by atoms with van der Waals surface area (Å²) in [6.07, 6.45) is 0.850. The van der Waals surface area contributed by atoms with E-state index in [1.165, 1.54) is 12.1 Å². The van der Waals surface area contributed by atoms with E-state index in [4.69, 9.17) is 5.11 Å². The number of rotatable bonds is 4. The molecular formula is C13H17BrN2O3. The first-order valence-corrected chi connectivity index (χ1v) is 6.72. The lowest BCUT2D eigenvalue weighted by molar-refractivity contribution is 0.0696. The number of nitrogens with zero attached hydrogens (tertiary/aromatic N) is 1. The Morgan fingerprint density at radius 1 is 1.42 bits per heavy atom. The molecule has 0 fully saturated rings. The van der Waals surface area contributed by atoms with E-state index in [9.17, 15) is 9.59 Å². The van der Waals surface area contributed by atoms with Gasteiger partial charge in [-0.2, -0.15) is 0 Å². The highest BCUT2D eigenvalue weighted by Crippen LogP contribution is 2.20.